The van der Waals surface area contributed by atoms with Crippen molar-refractivity contribution in [2.24, 2.45) is 0 Å². The number of aliphatic carboxylic acids is 1. The Morgan fingerprint density at radius 3 is 3.00 bits per heavy atom. The first-order valence-electron chi connectivity index (χ1n) is 5.79. The largest absolute Gasteiger partial charge is 0.487 e. The Morgan fingerprint density at radius 2 is 2.35 bits per heavy atom. The van der Waals surface area contributed by atoms with E-state index >= 15 is 0 Å². The molecule has 1 aromatic heterocycles. The van der Waals surface area contributed by atoms with Gasteiger partial charge in [-0.15, -0.1) is 11.3 Å². The number of carboxylic acid groups (broad SMARTS) is 1. The van der Waals surface area contributed by atoms with E-state index in [1.807, 2.05) is 24.4 Å². The number of carbonyl (C=O) groups is 1. The van der Waals surface area contributed by atoms with Crippen molar-refractivity contribution >= 4 is 39.3 Å². The average Bonchev–Trinajstić information content (AvgIpc) is 2.82. The topological polar surface area (TPSA) is 59.4 Å². The van der Waals surface area contributed by atoms with Crippen LogP contribution in [0.2, 0.25) is 0 Å². The number of hydrogen-bond donors (Lipinski definition) is 1. The molecule has 1 heterocycles. The normalized spacial score (nSPS) is 10.9. The molecule has 0 radical (unpaired) electrons. The molecule has 1 aromatic carbocycles. The summed E-state index contributed by atoms with van der Waals surface area (Å²) < 4.78 is 6.46. The second-order valence-corrected chi connectivity index (χ2v) is 5.92. The molecule has 0 fully saturated rings. The highest BCUT2D eigenvalue weighted by Crippen LogP contribution is 2.24. The first-order chi connectivity index (χ1) is 9.54. The Morgan fingerprint density at radius 1 is 1.55 bits per heavy atom. The molecule has 0 aliphatic rings. The van der Waals surface area contributed by atoms with E-state index in [1.54, 1.807) is 17.4 Å². The summed E-state index contributed by atoms with van der Waals surface area (Å²) in [6.45, 7) is 2.34. The van der Waals surface area contributed by atoms with Gasteiger partial charge in [0.05, 0.1) is 10.7 Å². The first-order valence-corrected chi connectivity index (χ1v) is 7.46. The number of thiazole rings is 1. The second-order valence-electron chi connectivity index (χ2n) is 4.00. The van der Waals surface area contributed by atoms with Gasteiger partial charge in [-0.3, -0.25) is 0 Å². The van der Waals surface area contributed by atoms with E-state index in [9.17, 15) is 4.79 Å². The van der Waals surface area contributed by atoms with Gasteiger partial charge in [0.25, 0.3) is 0 Å². The minimum absolute atomic E-state index is 0.397. The molecule has 4 nitrogen and oxygen atoms in total. The van der Waals surface area contributed by atoms with Crippen molar-refractivity contribution in [2.45, 2.75) is 13.5 Å². The number of aromatic nitrogens is 1. The van der Waals surface area contributed by atoms with Crippen molar-refractivity contribution in [1.82, 2.24) is 4.98 Å². The van der Waals surface area contributed by atoms with Crippen LogP contribution < -0.4 is 4.74 Å². The van der Waals surface area contributed by atoms with Gasteiger partial charge in [0.2, 0.25) is 0 Å². The number of ether oxygens (including phenoxy) is 1. The zero-order chi connectivity index (χ0) is 14.5. The summed E-state index contributed by atoms with van der Waals surface area (Å²) in [7, 11) is 0. The molecule has 6 heteroatoms. The van der Waals surface area contributed by atoms with Crippen LogP contribution in [0.25, 0.3) is 6.08 Å². The molecule has 2 aromatic rings. The fraction of sp³-hybridized carbons (Fsp3) is 0.143. The summed E-state index contributed by atoms with van der Waals surface area (Å²) in [5.41, 5.74) is 1.64. The monoisotopic (exact) mass is 353 g/mol. The van der Waals surface area contributed by atoms with Gasteiger partial charge in [0.15, 0.2) is 0 Å². The fourth-order valence-electron chi connectivity index (χ4n) is 1.53. The van der Waals surface area contributed by atoms with Crippen LogP contribution in [0.15, 0.2) is 34.1 Å². The quantitative estimate of drug-likeness (QED) is 0.828. The van der Waals surface area contributed by atoms with Crippen LogP contribution in [0.1, 0.15) is 16.3 Å². The highest BCUT2D eigenvalue weighted by atomic mass is 79.9. The smallest absolute Gasteiger partial charge is 0.328 e. The van der Waals surface area contributed by atoms with Gasteiger partial charge in [0.1, 0.15) is 12.4 Å². The van der Waals surface area contributed by atoms with Crippen molar-refractivity contribution in [3.63, 3.8) is 0 Å². The first kappa shape index (κ1) is 14.7. The Labute approximate surface area is 128 Å². The van der Waals surface area contributed by atoms with Crippen LogP contribution in [0.5, 0.6) is 5.75 Å². The van der Waals surface area contributed by atoms with Crippen LogP contribution in [0, 0.1) is 6.92 Å². The van der Waals surface area contributed by atoms with Crippen LogP contribution in [-0.4, -0.2) is 16.1 Å². The summed E-state index contributed by atoms with van der Waals surface area (Å²) in [4.78, 5) is 14.9. The molecule has 0 aliphatic heterocycles. The van der Waals surface area contributed by atoms with Crippen LogP contribution >= 0.6 is 27.3 Å². The van der Waals surface area contributed by atoms with Gasteiger partial charge in [0, 0.05) is 15.9 Å². The standard InChI is InChI=1S/C14H12BrNO3S/c1-9-16-11(8-20-9)7-19-12-3-4-13(15)10(6-12)2-5-14(17)18/h2-6,8H,7H2,1H3,(H,17,18)/b5-2+. The van der Waals surface area contributed by atoms with Gasteiger partial charge in [-0.2, -0.15) is 0 Å². The molecule has 0 bridgehead atoms. The van der Waals surface area contributed by atoms with E-state index < -0.39 is 5.97 Å². The number of nitrogens with zero attached hydrogens (tertiary/aromatic N) is 1. The summed E-state index contributed by atoms with van der Waals surface area (Å²) in [5, 5.41) is 11.6. The SMILES string of the molecule is Cc1nc(COc2ccc(Br)c(/C=C/C(=O)O)c2)cs1. The van der Waals surface area contributed by atoms with E-state index in [4.69, 9.17) is 9.84 Å². The van der Waals surface area contributed by atoms with Crippen LogP contribution in [0.3, 0.4) is 0 Å². The third-order valence-corrected chi connectivity index (χ3v) is 3.97. The van der Waals surface area contributed by atoms with E-state index in [0.717, 1.165) is 26.8 Å². The van der Waals surface area contributed by atoms with Crippen LogP contribution in [-0.2, 0) is 11.4 Å². The average molecular weight is 354 g/mol. The van der Waals surface area contributed by atoms with E-state index in [-0.39, 0.29) is 0 Å². The number of carboxylic acids is 1. The van der Waals surface area contributed by atoms with Crippen LogP contribution in [0.4, 0.5) is 0 Å². The van der Waals surface area contributed by atoms with Gasteiger partial charge in [-0.25, -0.2) is 9.78 Å². The molecular formula is C14H12BrNO3S. The van der Waals surface area contributed by atoms with Crippen molar-refractivity contribution in [3.05, 3.63) is 50.4 Å². The molecule has 20 heavy (non-hydrogen) atoms. The summed E-state index contributed by atoms with van der Waals surface area (Å²) >= 11 is 4.95. The third kappa shape index (κ3) is 4.18. The Bertz CT molecular complexity index is 652. The molecule has 1 N–H and O–H groups in total. The van der Waals surface area contributed by atoms with Gasteiger partial charge in [-0.05, 0) is 36.8 Å². The van der Waals surface area contributed by atoms with Crippen molar-refractivity contribution < 1.29 is 14.6 Å². The summed E-state index contributed by atoms with van der Waals surface area (Å²) in [6.07, 6.45) is 2.61. The van der Waals surface area contributed by atoms with Gasteiger partial charge >= 0.3 is 5.97 Å². The minimum atomic E-state index is -0.985. The fourth-order valence-corrected chi connectivity index (χ4v) is 2.51. The molecule has 2 rings (SSSR count). The molecule has 0 unspecified atom stereocenters. The lowest BCUT2D eigenvalue weighted by atomic mass is 10.2. The molecule has 0 amide bonds. The van der Waals surface area contributed by atoms with E-state index in [0.29, 0.717) is 12.4 Å². The van der Waals surface area contributed by atoms with E-state index in [1.165, 1.54) is 6.08 Å². The van der Waals surface area contributed by atoms with Gasteiger partial charge in [-0.1, -0.05) is 15.9 Å². The maximum atomic E-state index is 10.5. The molecule has 0 aliphatic carbocycles. The third-order valence-electron chi connectivity index (χ3n) is 2.43. The number of rotatable bonds is 5. The lowest BCUT2D eigenvalue weighted by Crippen LogP contribution is -1.96. The minimum Gasteiger partial charge on any atom is -0.487 e. The molecule has 104 valence electrons. The zero-order valence-electron chi connectivity index (χ0n) is 10.7. The molecule has 0 saturated heterocycles. The molecule has 0 atom stereocenters. The molecule has 0 spiro atoms. The zero-order valence-corrected chi connectivity index (χ0v) is 13.1. The van der Waals surface area contributed by atoms with Crippen molar-refractivity contribution in [3.8, 4) is 5.75 Å². The number of hydrogen-bond acceptors (Lipinski definition) is 4. The van der Waals surface area contributed by atoms with E-state index in [2.05, 4.69) is 20.9 Å². The van der Waals surface area contributed by atoms with Gasteiger partial charge < -0.3 is 9.84 Å². The molecular weight excluding hydrogens is 342 g/mol. The Balaban J connectivity index is 2.08. The number of aryl methyl sites for hydroxylation is 1. The Hall–Kier alpha value is -1.66. The Kier molecular flexibility index (Phi) is 4.92. The second kappa shape index (κ2) is 6.67. The maximum Gasteiger partial charge on any atom is 0.328 e. The maximum absolute atomic E-state index is 10.5. The summed E-state index contributed by atoms with van der Waals surface area (Å²) in [6, 6.07) is 5.42. The predicted molar refractivity (Wildman–Crippen MR) is 82.0 cm³/mol. The predicted octanol–water partition coefficient (Wildman–Crippen LogP) is 3.89. The lowest BCUT2D eigenvalue weighted by Gasteiger charge is -2.06. The number of halogens is 1. The number of benzene rings is 1. The van der Waals surface area contributed by atoms with Crippen molar-refractivity contribution in [2.75, 3.05) is 0 Å². The highest BCUT2D eigenvalue weighted by Gasteiger charge is 2.03. The lowest BCUT2D eigenvalue weighted by molar-refractivity contribution is -0.131. The van der Waals surface area contributed by atoms with Crippen molar-refractivity contribution in [1.29, 1.82) is 0 Å². The summed E-state index contributed by atoms with van der Waals surface area (Å²) in [5.74, 6) is -0.315. The highest BCUT2D eigenvalue weighted by molar-refractivity contribution is 9.10. The molecule has 0 saturated carbocycles.